The summed E-state index contributed by atoms with van der Waals surface area (Å²) in [6.45, 7) is 0.00318. The molecule has 0 bridgehead atoms. The molecule has 2 aromatic carbocycles. The van der Waals surface area contributed by atoms with Crippen molar-refractivity contribution in [1.82, 2.24) is 9.97 Å². The highest BCUT2D eigenvalue weighted by Crippen LogP contribution is 2.42. The summed E-state index contributed by atoms with van der Waals surface area (Å²) >= 11 is 6.00. The summed E-state index contributed by atoms with van der Waals surface area (Å²) in [6, 6.07) is 15.0. The van der Waals surface area contributed by atoms with Crippen LogP contribution in [0.1, 0.15) is 37.1 Å². The predicted molar refractivity (Wildman–Crippen MR) is 105 cm³/mol. The summed E-state index contributed by atoms with van der Waals surface area (Å²) in [5.41, 5.74) is 7.09. The minimum Gasteiger partial charge on any atom is -0.457 e. The number of hydrogen-bond acceptors (Lipinski definition) is 5. The average molecular weight is 382 g/mol. The fourth-order valence-electron chi connectivity index (χ4n) is 3.84. The van der Waals surface area contributed by atoms with Gasteiger partial charge in [-0.3, -0.25) is 4.79 Å². The monoisotopic (exact) mass is 381 g/mol. The van der Waals surface area contributed by atoms with Crippen molar-refractivity contribution in [2.75, 3.05) is 5.73 Å². The van der Waals surface area contributed by atoms with E-state index in [-0.39, 0.29) is 12.6 Å². The van der Waals surface area contributed by atoms with Crippen molar-refractivity contribution in [3.05, 3.63) is 64.9 Å². The maximum Gasteiger partial charge on any atom is 0.317 e. The third-order valence-electron chi connectivity index (χ3n) is 5.26. The first kappa shape index (κ1) is 17.7. The average Bonchev–Trinajstić information content (AvgIpc) is 3.18. The molecule has 0 unspecified atom stereocenters. The van der Waals surface area contributed by atoms with Gasteiger partial charge in [0.2, 0.25) is 0 Å². The van der Waals surface area contributed by atoms with Gasteiger partial charge in [0, 0.05) is 10.4 Å². The molecule has 0 saturated heterocycles. The number of carbonyl (C=O) groups excluding carboxylic acids is 1. The molecular formula is C21H20ClN3O2. The second kappa shape index (κ2) is 7.16. The summed E-state index contributed by atoms with van der Waals surface area (Å²) in [7, 11) is 0. The molecule has 1 aliphatic rings. The molecule has 0 atom stereocenters. The molecule has 5 nitrogen and oxygen atoms in total. The molecule has 1 aliphatic carbocycles. The number of esters is 1. The molecule has 138 valence electrons. The number of aromatic nitrogens is 2. The Morgan fingerprint density at radius 2 is 1.78 bits per heavy atom. The van der Waals surface area contributed by atoms with Crippen LogP contribution in [0.4, 0.5) is 5.82 Å². The number of nitrogens with zero attached hydrogens (tertiary/aromatic N) is 2. The highest BCUT2D eigenvalue weighted by Gasteiger charge is 2.44. The van der Waals surface area contributed by atoms with Crippen LogP contribution in [-0.2, 0) is 21.6 Å². The molecule has 0 amide bonds. The fraction of sp³-hybridized carbons (Fsp3) is 0.286. The lowest BCUT2D eigenvalue weighted by atomic mass is 9.79. The SMILES string of the molecule is Nc1nc(COC(=O)C2(c3ccc(Cl)cc3)CCCC2)nc2ccccc12. The van der Waals surface area contributed by atoms with E-state index in [0.29, 0.717) is 16.7 Å². The Hall–Kier alpha value is -2.66. The van der Waals surface area contributed by atoms with Crippen LogP contribution >= 0.6 is 11.6 Å². The van der Waals surface area contributed by atoms with E-state index >= 15 is 0 Å². The summed E-state index contributed by atoms with van der Waals surface area (Å²) in [5.74, 6) is 0.557. The number of rotatable bonds is 4. The van der Waals surface area contributed by atoms with Crippen LogP contribution in [-0.4, -0.2) is 15.9 Å². The van der Waals surface area contributed by atoms with Crippen LogP contribution < -0.4 is 5.73 Å². The molecule has 1 saturated carbocycles. The Labute approximate surface area is 162 Å². The van der Waals surface area contributed by atoms with Gasteiger partial charge in [0.15, 0.2) is 12.4 Å². The lowest BCUT2D eigenvalue weighted by Gasteiger charge is -2.27. The molecule has 0 radical (unpaired) electrons. The van der Waals surface area contributed by atoms with Crippen molar-refractivity contribution < 1.29 is 9.53 Å². The number of ether oxygens (including phenoxy) is 1. The summed E-state index contributed by atoms with van der Waals surface area (Å²) < 4.78 is 5.65. The third-order valence-corrected chi connectivity index (χ3v) is 5.51. The van der Waals surface area contributed by atoms with Gasteiger partial charge < -0.3 is 10.5 Å². The quantitative estimate of drug-likeness (QED) is 0.677. The molecule has 2 N–H and O–H groups in total. The third kappa shape index (κ3) is 3.35. The van der Waals surface area contributed by atoms with Crippen LogP contribution in [0.15, 0.2) is 48.5 Å². The number of nitrogens with two attached hydrogens (primary N) is 1. The molecule has 27 heavy (non-hydrogen) atoms. The number of fused-ring (bicyclic) bond motifs is 1. The van der Waals surface area contributed by atoms with E-state index in [1.54, 1.807) is 0 Å². The van der Waals surface area contributed by atoms with E-state index in [2.05, 4.69) is 9.97 Å². The van der Waals surface area contributed by atoms with E-state index in [1.807, 2.05) is 48.5 Å². The number of nitrogen functional groups attached to an aromatic ring is 1. The van der Waals surface area contributed by atoms with Gasteiger partial charge in [0.05, 0.1) is 10.9 Å². The van der Waals surface area contributed by atoms with Gasteiger partial charge in [0.1, 0.15) is 5.82 Å². The van der Waals surface area contributed by atoms with Gasteiger partial charge in [-0.05, 0) is 42.7 Å². The van der Waals surface area contributed by atoms with E-state index in [0.717, 1.165) is 42.1 Å². The zero-order valence-corrected chi connectivity index (χ0v) is 15.6. The number of carbonyl (C=O) groups is 1. The molecular weight excluding hydrogens is 362 g/mol. The van der Waals surface area contributed by atoms with Crippen LogP contribution in [0.2, 0.25) is 5.02 Å². The summed E-state index contributed by atoms with van der Waals surface area (Å²) in [6.07, 6.45) is 3.54. The van der Waals surface area contributed by atoms with Crippen LogP contribution in [0.5, 0.6) is 0 Å². The first-order chi connectivity index (χ1) is 13.1. The molecule has 4 rings (SSSR count). The highest BCUT2D eigenvalue weighted by atomic mass is 35.5. The molecule has 0 spiro atoms. The minimum atomic E-state index is -0.618. The van der Waals surface area contributed by atoms with Gasteiger partial charge in [-0.1, -0.05) is 48.7 Å². The van der Waals surface area contributed by atoms with Crippen molar-refractivity contribution in [2.24, 2.45) is 0 Å². The van der Waals surface area contributed by atoms with Crippen molar-refractivity contribution in [2.45, 2.75) is 37.7 Å². The lowest BCUT2D eigenvalue weighted by Crippen LogP contribution is -2.34. The van der Waals surface area contributed by atoms with E-state index in [1.165, 1.54) is 0 Å². The maximum atomic E-state index is 13.0. The number of halogens is 1. The van der Waals surface area contributed by atoms with Crippen molar-refractivity contribution in [3.63, 3.8) is 0 Å². The Balaban J connectivity index is 1.56. The zero-order valence-electron chi connectivity index (χ0n) is 14.8. The topological polar surface area (TPSA) is 78.1 Å². The standard InChI is InChI=1S/C21H20ClN3O2/c22-15-9-7-14(8-10-15)21(11-3-4-12-21)20(26)27-13-18-24-17-6-2-1-5-16(17)19(23)25-18/h1-2,5-10H,3-4,11-13H2,(H2,23,24,25). The Morgan fingerprint density at radius 1 is 1.07 bits per heavy atom. The van der Waals surface area contributed by atoms with Gasteiger partial charge >= 0.3 is 5.97 Å². The second-order valence-electron chi connectivity index (χ2n) is 6.91. The van der Waals surface area contributed by atoms with E-state index in [4.69, 9.17) is 22.1 Å². The summed E-state index contributed by atoms with van der Waals surface area (Å²) in [5, 5.41) is 1.45. The van der Waals surface area contributed by atoms with Gasteiger partial charge in [-0.15, -0.1) is 0 Å². The molecule has 0 aliphatic heterocycles. The molecule has 1 heterocycles. The normalized spacial score (nSPS) is 15.7. The molecule has 6 heteroatoms. The molecule has 1 aromatic heterocycles. The summed E-state index contributed by atoms with van der Waals surface area (Å²) in [4.78, 5) is 21.8. The largest absolute Gasteiger partial charge is 0.457 e. The van der Waals surface area contributed by atoms with Crippen LogP contribution in [0.3, 0.4) is 0 Å². The lowest BCUT2D eigenvalue weighted by molar-refractivity contribution is -0.152. The highest BCUT2D eigenvalue weighted by molar-refractivity contribution is 6.30. The van der Waals surface area contributed by atoms with Crippen LogP contribution in [0.25, 0.3) is 10.9 Å². The molecule has 3 aromatic rings. The van der Waals surface area contributed by atoms with Crippen molar-refractivity contribution in [1.29, 1.82) is 0 Å². The van der Waals surface area contributed by atoms with Gasteiger partial charge in [-0.2, -0.15) is 0 Å². The van der Waals surface area contributed by atoms with Crippen LogP contribution in [0, 0.1) is 0 Å². The maximum absolute atomic E-state index is 13.0. The second-order valence-corrected chi connectivity index (χ2v) is 7.35. The number of anilines is 1. The van der Waals surface area contributed by atoms with E-state index in [9.17, 15) is 4.79 Å². The van der Waals surface area contributed by atoms with Crippen molar-refractivity contribution >= 4 is 34.3 Å². The predicted octanol–water partition coefficient (Wildman–Crippen LogP) is 4.42. The number of para-hydroxylation sites is 1. The Kier molecular flexibility index (Phi) is 4.70. The smallest absolute Gasteiger partial charge is 0.317 e. The van der Waals surface area contributed by atoms with Gasteiger partial charge in [0.25, 0.3) is 0 Å². The minimum absolute atomic E-state index is 0.00318. The number of hydrogen-bond donors (Lipinski definition) is 1. The molecule has 1 fully saturated rings. The Morgan fingerprint density at radius 3 is 2.52 bits per heavy atom. The zero-order chi connectivity index (χ0) is 18.9. The first-order valence-electron chi connectivity index (χ1n) is 9.03. The van der Waals surface area contributed by atoms with Crippen molar-refractivity contribution in [3.8, 4) is 0 Å². The Bertz CT molecular complexity index is 982. The first-order valence-corrected chi connectivity index (χ1v) is 9.41. The number of benzene rings is 2. The fourth-order valence-corrected chi connectivity index (χ4v) is 3.97. The van der Waals surface area contributed by atoms with E-state index < -0.39 is 5.41 Å². The van der Waals surface area contributed by atoms with Gasteiger partial charge in [-0.25, -0.2) is 9.97 Å².